The van der Waals surface area contributed by atoms with Crippen molar-refractivity contribution >= 4 is 51.1 Å². The number of likely N-dealkylation sites (tertiary alicyclic amines) is 1. The predicted molar refractivity (Wildman–Crippen MR) is 132 cm³/mol. The minimum atomic E-state index is -0.399. The third-order valence-corrected chi connectivity index (χ3v) is 7.28. The van der Waals surface area contributed by atoms with Crippen LogP contribution in [0.4, 0.5) is 0 Å². The number of piperidine rings is 1. The van der Waals surface area contributed by atoms with Gasteiger partial charge in [-0.2, -0.15) is 4.99 Å². The second-order valence-electron chi connectivity index (χ2n) is 8.32. The molecule has 0 spiro atoms. The molecule has 33 heavy (non-hydrogen) atoms. The third kappa shape index (κ3) is 6.49. The summed E-state index contributed by atoms with van der Waals surface area (Å²) < 4.78 is 7.63. The summed E-state index contributed by atoms with van der Waals surface area (Å²) >= 11 is 2.57. The molecule has 176 valence electrons. The summed E-state index contributed by atoms with van der Waals surface area (Å²) in [4.78, 5) is 43.7. The monoisotopic (exact) mass is 487 g/mol. The van der Waals surface area contributed by atoms with Gasteiger partial charge in [-0.25, -0.2) is 4.79 Å². The first-order valence-corrected chi connectivity index (χ1v) is 13.0. The SMILES string of the molecule is C#CCn1c(=NC(=O)CSCC(=O)N2CC(C)CC(C)C2)sc2cc(C(=O)OCC)ccc21. The van der Waals surface area contributed by atoms with Crippen LogP contribution in [0.2, 0.25) is 0 Å². The van der Waals surface area contributed by atoms with E-state index in [0.717, 1.165) is 29.7 Å². The Kier molecular flexibility index (Phi) is 8.75. The van der Waals surface area contributed by atoms with Crippen LogP contribution in [-0.2, 0) is 20.9 Å². The lowest BCUT2D eigenvalue weighted by atomic mass is 9.92. The fraction of sp³-hybridized carbons (Fsp3) is 0.500. The highest BCUT2D eigenvalue weighted by Gasteiger charge is 2.25. The summed E-state index contributed by atoms with van der Waals surface area (Å²) in [5.41, 5.74) is 1.24. The molecule has 9 heteroatoms. The number of ether oxygens (including phenoxy) is 1. The van der Waals surface area contributed by atoms with Crippen LogP contribution in [0.5, 0.6) is 0 Å². The van der Waals surface area contributed by atoms with E-state index in [1.54, 1.807) is 29.7 Å². The summed E-state index contributed by atoms with van der Waals surface area (Å²) in [6.07, 6.45) is 6.66. The van der Waals surface area contributed by atoms with E-state index in [1.807, 2.05) is 4.90 Å². The fourth-order valence-corrected chi connectivity index (χ4v) is 5.85. The van der Waals surface area contributed by atoms with Crippen molar-refractivity contribution in [2.24, 2.45) is 16.8 Å². The van der Waals surface area contributed by atoms with Crippen molar-refractivity contribution in [3.8, 4) is 12.3 Å². The van der Waals surface area contributed by atoms with Gasteiger partial charge in [-0.1, -0.05) is 31.1 Å². The molecule has 2 amide bonds. The summed E-state index contributed by atoms with van der Waals surface area (Å²) in [6.45, 7) is 8.19. The number of esters is 1. The highest BCUT2D eigenvalue weighted by atomic mass is 32.2. The summed E-state index contributed by atoms with van der Waals surface area (Å²) in [7, 11) is 0. The highest BCUT2D eigenvalue weighted by Crippen LogP contribution is 2.22. The lowest BCUT2D eigenvalue weighted by molar-refractivity contribution is -0.130. The first-order valence-electron chi connectivity index (χ1n) is 11.0. The molecule has 1 saturated heterocycles. The second-order valence-corrected chi connectivity index (χ2v) is 10.3. The van der Waals surface area contributed by atoms with Crippen LogP contribution >= 0.6 is 23.1 Å². The van der Waals surface area contributed by atoms with Crippen LogP contribution in [0, 0.1) is 24.2 Å². The van der Waals surface area contributed by atoms with Gasteiger partial charge in [0.05, 0.1) is 40.4 Å². The maximum absolute atomic E-state index is 12.5. The molecule has 0 saturated carbocycles. The number of carbonyl (C=O) groups excluding carboxylic acids is 3. The number of fused-ring (bicyclic) bond motifs is 1. The quantitative estimate of drug-likeness (QED) is 0.443. The van der Waals surface area contributed by atoms with Crippen molar-refractivity contribution in [1.82, 2.24) is 9.47 Å². The van der Waals surface area contributed by atoms with Gasteiger partial charge in [0.1, 0.15) is 0 Å². The molecule has 1 aliphatic heterocycles. The summed E-state index contributed by atoms with van der Waals surface area (Å²) in [5.74, 6) is 3.32. The summed E-state index contributed by atoms with van der Waals surface area (Å²) in [6, 6.07) is 5.19. The van der Waals surface area contributed by atoms with Gasteiger partial charge in [-0.3, -0.25) is 9.59 Å². The normalized spacial score (nSPS) is 18.8. The topological polar surface area (TPSA) is 81.0 Å². The Balaban J connectivity index is 1.70. The fourth-order valence-electron chi connectivity index (χ4n) is 4.07. The second kappa shape index (κ2) is 11.5. The van der Waals surface area contributed by atoms with Gasteiger partial charge < -0.3 is 14.2 Å². The van der Waals surface area contributed by atoms with Crippen molar-refractivity contribution in [3.63, 3.8) is 0 Å². The number of carbonyl (C=O) groups is 3. The predicted octanol–water partition coefficient (Wildman–Crippen LogP) is 3.18. The van der Waals surface area contributed by atoms with E-state index in [-0.39, 0.29) is 29.9 Å². The molecule has 0 aliphatic carbocycles. The molecular weight excluding hydrogens is 458 g/mol. The maximum Gasteiger partial charge on any atom is 0.338 e. The molecule has 1 aromatic carbocycles. The third-order valence-electron chi connectivity index (χ3n) is 5.34. The molecule has 2 aromatic rings. The van der Waals surface area contributed by atoms with E-state index in [2.05, 4.69) is 24.8 Å². The number of aromatic nitrogens is 1. The molecule has 3 rings (SSSR count). The van der Waals surface area contributed by atoms with E-state index < -0.39 is 5.97 Å². The van der Waals surface area contributed by atoms with E-state index in [9.17, 15) is 14.4 Å². The van der Waals surface area contributed by atoms with Crippen molar-refractivity contribution in [1.29, 1.82) is 0 Å². The molecule has 1 fully saturated rings. The van der Waals surface area contributed by atoms with Gasteiger partial charge in [-0.05, 0) is 43.4 Å². The van der Waals surface area contributed by atoms with Gasteiger partial charge in [0.15, 0.2) is 4.80 Å². The van der Waals surface area contributed by atoms with Crippen molar-refractivity contribution in [2.75, 3.05) is 31.2 Å². The van der Waals surface area contributed by atoms with Crippen LogP contribution < -0.4 is 4.80 Å². The Labute approximate surface area is 202 Å². The van der Waals surface area contributed by atoms with Crippen molar-refractivity contribution < 1.29 is 19.1 Å². The van der Waals surface area contributed by atoms with Crippen molar-refractivity contribution in [2.45, 2.75) is 33.7 Å². The molecular formula is C24H29N3O4S2. The zero-order valence-corrected chi connectivity index (χ0v) is 20.8. The maximum atomic E-state index is 12.5. The number of thiazole rings is 1. The van der Waals surface area contributed by atoms with E-state index in [0.29, 0.717) is 28.8 Å². The van der Waals surface area contributed by atoms with E-state index >= 15 is 0 Å². The van der Waals surface area contributed by atoms with Crippen molar-refractivity contribution in [3.05, 3.63) is 28.6 Å². The van der Waals surface area contributed by atoms with Gasteiger partial charge >= 0.3 is 5.97 Å². The first-order chi connectivity index (χ1) is 15.8. The van der Waals surface area contributed by atoms with Crippen LogP contribution in [0.15, 0.2) is 23.2 Å². The van der Waals surface area contributed by atoms with Gasteiger partial charge in [-0.15, -0.1) is 18.2 Å². The van der Waals surface area contributed by atoms with Crippen LogP contribution in [0.1, 0.15) is 37.6 Å². The number of hydrogen-bond donors (Lipinski definition) is 0. The Hall–Kier alpha value is -2.57. The number of terminal acetylenes is 1. The van der Waals surface area contributed by atoms with Gasteiger partial charge in [0, 0.05) is 13.1 Å². The highest BCUT2D eigenvalue weighted by molar-refractivity contribution is 8.00. The lowest BCUT2D eigenvalue weighted by Gasteiger charge is -2.35. The number of rotatable bonds is 7. The number of benzene rings is 1. The summed E-state index contributed by atoms with van der Waals surface area (Å²) in [5, 5.41) is 0. The number of hydrogen-bond acceptors (Lipinski definition) is 6. The molecule has 0 N–H and O–H groups in total. The number of thioether (sulfide) groups is 1. The average molecular weight is 488 g/mol. The molecule has 2 atom stereocenters. The smallest absolute Gasteiger partial charge is 0.338 e. The Morgan fingerprint density at radius 2 is 1.97 bits per heavy atom. The molecule has 1 aliphatic rings. The first kappa shape index (κ1) is 25.1. The zero-order chi connectivity index (χ0) is 24.0. The minimum Gasteiger partial charge on any atom is -0.462 e. The molecule has 7 nitrogen and oxygen atoms in total. The lowest BCUT2D eigenvalue weighted by Crippen LogP contribution is -2.43. The molecule has 0 radical (unpaired) electrons. The number of nitrogens with zero attached hydrogens (tertiary/aromatic N) is 3. The van der Waals surface area contributed by atoms with E-state index in [4.69, 9.17) is 11.2 Å². The molecule has 1 aromatic heterocycles. The average Bonchev–Trinajstić information content (AvgIpc) is 3.09. The standard InChI is InChI=1S/C24H29N3O4S2/c1-5-9-27-19-8-7-18(23(30)31-6-2)11-20(19)33-24(27)25-21(28)14-32-15-22(29)26-12-16(3)10-17(4)13-26/h1,7-8,11,16-17H,6,9-10,12-15H2,2-4H3. The van der Waals surface area contributed by atoms with E-state index in [1.165, 1.54) is 23.1 Å². The number of amides is 2. The minimum absolute atomic E-state index is 0.0713. The zero-order valence-electron chi connectivity index (χ0n) is 19.2. The molecule has 2 heterocycles. The van der Waals surface area contributed by atoms with Gasteiger partial charge in [0.2, 0.25) is 5.91 Å². The van der Waals surface area contributed by atoms with Crippen LogP contribution in [0.3, 0.4) is 0 Å². The largest absolute Gasteiger partial charge is 0.462 e. The van der Waals surface area contributed by atoms with Crippen LogP contribution in [0.25, 0.3) is 10.2 Å². The Morgan fingerprint density at radius 1 is 1.24 bits per heavy atom. The molecule has 0 bridgehead atoms. The Bertz CT molecular complexity index is 1130. The molecule has 2 unspecified atom stereocenters. The van der Waals surface area contributed by atoms with Crippen LogP contribution in [-0.4, -0.2) is 58.5 Å². The van der Waals surface area contributed by atoms with Gasteiger partial charge in [0.25, 0.3) is 5.91 Å². The Morgan fingerprint density at radius 3 is 2.64 bits per heavy atom.